The molecule has 0 fully saturated rings. The molecule has 0 saturated heterocycles. The van der Waals surface area contributed by atoms with Gasteiger partial charge in [0.25, 0.3) is 0 Å². The van der Waals surface area contributed by atoms with Crippen LogP contribution in [0.3, 0.4) is 0 Å². The summed E-state index contributed by atoms with van der Waals surface area (Å²) < 4.78 is 4.87. The van der Waals surface area contributed by atoms with Crippen molar-refractivity contribution in [2.75, 3.05) is 0 Å². The van der Waals surface area contributed by atoms with Crippen molar-refractivity contribution in [3.05, 3.63) is 11.7 Å². The number of rotatable bonds is 5. The molecular weight excluding hydrogens is 198 g/mol. The molecule has 0 bridgehead atoms. The average molecular weight is 211 g/mol. The van der Waals surface area contributed by atoms with Crippen molar-refractivity contribution in [3.63, 3.8) is 0 Å². The van der Waals surface area contributed by atoms with Gasteiger partial charge in [-0.1, -0.05) is 19.0 Å². The first-order chi connectivity index (χ1) is 6.76. The highest BCUT2D eigenvalue weighted by Gasteiger charge is 2.07. The summed E-state index contributed by atoms with van der Waals surface area (Å²) in [7, 11) is 0. The van der Waals surface area contributed by atoms with Crippen LogP contribution in [-0.2, 0) is 12.2 Å². The van der Waals surface area contributed by atoms with Crippen LogP contribution < -0.4 is 0 Å². The lowest BCUT2D eigenvalue weighted by Gasteiger charge is -2.04. The van der Waals surface area contributed by atoms with Crippen LogP contribution in [0.4, 0.5) is 0 Å². The third-order valence-corrected chi connectivity index (χ3v) is 3.14. The first kappa shape index (κ1) is 11.1. The van der Waals surface area contributed by atoms with Crippen LogP contribution in [0.5, 0.6) is 0 Å². The molecule has 1 rings (SSSR count). The summed E-state index contributed by atoms with van der Waals surface area (Å²) in [5, 5.41) is 12.8. The van der Waals surface area contributed by atoms with Gasteiger partial charge in [-0.15, -0.1) is 0 Å². The number of aromatic nitrogens is 2. The highest BCUT2D eigenvalue weighted by atomic mass is 32.2. The van der Waals surface area contributed by atoms with Crippen molar-refractivity contribution in [2.45, 2.75) is 37.7 Å². The maximum Gasteiger partial charge on any atom is 0.240 e. The molecular formula is C9H13N3OS. The smallest absolute Gasteiger partial charge is 0.240 e. The van der Waals surface area contributed by atoms with Gasteiger partial charge in [-0.3, -0.25) is 0 Å². The molecule has 1 aromatic rings. The molecule has 1 unspecified atom stereocenters. The van der Waals surface area contributed by atoms with E-state index in [-0.39, 0.29) is 6.42 Å². The third kappa shape index (κ3) is 3.38. The summed E-state index contributed by atoms with van der Waals surface area (Å²) in [6.07, 6.45) is 1.33. The highest BCUT2D eigenvalue weighted by molar-refractivity contribution is 7.99. The highest BCUT2D eigenvalue weighted by Crippen LogP contribution is 2.17. The van der Waals surface area contributed by atoms with E-state index >= 15 is 0 Å². The number of nitrogens with zero attached hydrogens (tertiary/aromatic N) is 3. The minimum atomic E-state index is 0.195. The lowest BCUT2D eigenvalue weighted by Crippen LogP contribution is -1.95. The van der Waals surface area contributed by atoms with Crippen LogP contribution in [-0.4, -0.2) is 15.4 Å². The zero-order chi connectivity index (χ0) is 10.4. The maximum atomic E-state index is 8.40. The molecule has 0 aliphatic carbocycles. The lowest BCUT2D eigenvalue weighted by atomic mass is 10.4. The predicted molar refractivity (Wildman–Crippen MR) is 54.7 cm³/mol. The van der Waals surface area contributed by atoms with Crippen molar-refractivity contribution in [1.29, 1.82) is 5.26 Å². The van der Waals surface area contributed by atoms with Crippen molar-refractivity contribution < 1.29 is 4.52 Å². The van der Waals surface area contributed by atoms with Gasteiger partial charge in [-0.05, 0) is 6.42 Å². The van der Waals surface area contributed by atoms with Gasteiger partial charge in [0.05, 0.1) is 11.8 Å². The van der Waals surface area contributed by atoms with E-state index in [2.05, 4.69) is 24.0 Å². The fraction of sp³-hybridized carbons (Fsp3) is 0.667. The quantitative estimate of drug-likeness (QED) is 0.746. The van der Waals surface area contributed by atoms with Crippen molar-refractivity contribution in [1.82, 2.24) is 10.1 Å². The van der Waals surface area contributed by atoms with Crippen LogP contribution in [0.15, 0.2) is 4.52 Å². The van der Waals surface area contributed by atoms with Gasteiger partial charge in [-0.2, -0.15) is 22.0 Å². The van der Waals surface area contributed by atoms with Crippen LogP contribution in [0.25, 0.3) is 0 Å². The molecule has 1 heterocycles. The minimum Gasteiger partial charge on any atom is -0.338 e. The molecule has 4 nitrogen and oxygen atoms in total. The third-order valence-electron chi connectivity index (χ3n) is 1.81. The molecule has 0 N–H and O–H groups in total. The van der Waals surface area contributed by atoms with E-state index in [0.717, 1.165) is 12.2 Å². The zero-order valence-corrected chi connectivity index (χ0v) is 9.17. The summed E-state index contributed by atoms with van der Waals surface area (Å²) in [6, 6.07) is 1.97. The molecule has 76 valence electrons. The van der Waals surface area contributed by atoms with E-state index in [1.54, 1.807) is 11.8 Å². The molecule has 0 aromatic carbocycles. The van der Waals surface area contributed by atoms with Crippen molar-refractivity contribution >= 4 is 11.8 Å². The van der Waals surface area contributed by atoms with Gasteiger partial charge in [0.2, 0.25) is 5.89 Å². The number of hydrogen-bond donors (Lipinski definition) is 0. The predicted octanol–water partition coefficient (Wildman–Crippen LogP) is 2.17. The van der Waals surface area contributed by atoms with E-state index in [0.29, 0.717) is 17.0 Å². The summed E-state index contributed by atoms with van der Waals surface area (Å²) >= 11 is 1.79. The van der Waals surface area contributed by atoms with E-state index < -0.39 is 0 Å². The lowest BCUT2D eigenvalue weighted by molar-refractivity contribution is 0.383. The van der Waals surface area contributed by atoms with Crippen molar-refractivity contribution in [3.8, 4) is 6.07 Å². The van der Waals surface area contributed by atoms with Gasteiger partial charge in [-0.25, -0.2) is 0 Å². The van der Waals surface area contributed by atoms with E-state index in [9.17, 15) is 0 Å². The number of hydrogen-bond acceptors (Lipinski definition) is 5. The second-order valence-electron chi connectivity index (χ2n) is 2.97. The molecule has 1 atom stereocenters. The Hall–Kier alpha value is -1.02. The average Bonchev–Trinajstić information content (AvgIpc) is 2.63. The van der Waals surface area contributed by atoms with Crippen LogP contribution in [0, 0.1) is 11.3 Å². The van der Waals surface area contributed by atoms with Crippen LogP contribution >= 0.6 is 11.8 Å². The standard InChI is InChI=1S/C9H13N3OS/c1-3-7(2)14-6-8-11-9(4-5-10)13-12-8/h7H,3-4,6H2,1-2H3. The zero-order valence-electron chi connectivity index (χ0n) is 8.36. The Morgan fingerprint density at radius 1 is 1.64 bits per heavy atom. The minimum absolute atomic E-state index is 0.195. The number of nitriles is 1. The van der Waals surface area contributed by atoms with Gasteiger partial charge in [0.1, 0.15) is 6.42 Å². The molecule has 1 aromatic heterocycles. The van der Waals surface area contributed by atoms with E-state index in [1.165, 1.54) is 0 Å². The summed E-state index contributed by atoms with van der Waals surface area (Å²) in [4.78, 5) is 4.09. The Balaban J connectivity index is 2.40. The van der Waals surface area contributed by atoms with Crippen molar-refractivity contribution in [2.24, 2.45) is 0 Å². The summed E-state index contributed by atoms with van der Waals surface area (Å²) in [5.41, 5.74) is 0. The Morgan fingerprint density at radius 3 is 3.07 bits per heavy atom. The van der Waals surface area contributed by atoms with E-state index in [1.807, 2.05) is 6.07 Å². The summed E-state index contributed by atoms with van der Waals surface area (Å²) in [6.45, 7) is 4.32. The second-order valence-corrected chi connectivity index (χ2v) is 4.40. The molecule has 14 heavy (non-hydrogen) atoms. The van der Waals surface area contributed by atoms with Crippen LogP contribution in [0.1, 0.15) is 32.0 Å². The molecule has 0 aliphatic heterocycles. The van der Waals surface area contributed by atoms with Gasteiger partial charge < -0.3 is 4.52 Å². The van der Waals surface area contributed by atoms with Gasteiger partial charge in [0, 0.05) is 5.25 Å². The summed E-state index contributed by atoms with van der Waals surface area (Å²) in [5.74, 6) is 1.84. The Morgan fingerprint density at radius 2 is 2.43 bits per heavy atom. The SMILES string of the molecule is CCC(C)SCc1noc(CC#N)n1. The first-order valence-electron chi connectivity index (χ1n) is 4.56. The normalized spacial score (nSPS) is 12.4. The Labute approximate surface area is 87.7 Å². The first-order valence-corrected chi connectivity index (χ1v) is 5.61. The van der Waals surface area contributed by atoms with Gasteiger partial charge in [0.15, 0.2) is 5.82 Å². The molecule has 0 spiro atoms. The second kappa shape index (κ2) is 5.66. The Bertz CT molecular complexity index is 318. The fourth-order valence-corrected chi connectivity index (χ4v) is 1.61. The molecule has 5 heteroatoms. The largest absolute Gasteiger partial charge is 0.338 e. The maximum absolute atomic E-state index is 8.40. The molecule has 0 aliphatic rings. The molecule has 0 saturated carbocycles. The fourth-order valence-electron chi connectivity index (χ4n) is 0.823. The topological polar surface area (TPSA) is 62.7 Å². The van der Waals surface area contributed by atoms with E-state index in [4.69, 9.17) is 9.78 Å². The van der Waals surface area contributed by atoms with Gasteiger partial charge >= 0.3 is 0 Å². The Kier molecular flexibility index (Phi) is 4.47. The number of thioether (sulfide) groups is 1. The monoisotopic (exact) mass is 211 g/mol. The molecule has 0 amide bonds. The molecule has 0 radical (unpaired) electrons. The van der Waals surface area contributed by atoms with Crippen LogP contribution in [0.2, 0.25) is 0 Å².